The lowest BCUT2D eigenvalue weighted by Crippen LogP contribution is -2.33. The van der Waals surface area contributed by atoms with E-state index in [0.29, 0.717) is 0 Å². The zero-order valence-corrected chi connectivity index (χ0v) is 14.7. The minimum atomic E-state index is -0.428. The van der Waals surface area contributed by atoms with Crippen LogP contribution in [0.2, 0.25) is 0 Å². The number of imide groups is 1. The Balaban J connectivity index is 1.76. The van der Waals surface area contributed by atoms with Crippen LogP contribution in [0.1, 0.15) is 16.7 Å². The van der Waals surface area contributed by atoms with Gasteiger partial charge in [0.25, 0.3) is 11.1 Å². The van der Waals surface area contributed by atoms with Crippen molar-refractivity contribution in [3.05, 3.63) is 69.9 Å². The molecule has 1 aliphatic heterocycles. The summed E-state index contributed by atoms with van der Waals surface area (Å²) in [7, 11) is 0. The number of hydrogen-bond acceptors (Lipinski definition) is 4. The van der Waals surface area contributed by atoms with Gasteiger partial charge in [-0.1, -0.05) is 30.3 Å². The molecule has 2 amide bonds. The number of anilines is 1. The zero-order chi connectivity index (χ0) is 18.0. The van der Waals surface area contributed by atoms with Crippen molar-refractivity contribution in [2.45, 2.75) is 13.8 Å². The maximum atomic E-state index is 13.7. The molecule has 1 N–H and O–H groups in total. The first-order valence-electron chi connectivity index (χ1n) is 7.77. The molecule has 2 aromatic rings. The van der Waals surface area contributed by atoms with Crippen LogP contribution in [0, 0.1) is 19.7 Å². The number of carbonyl (C=O) groups excluding carboxylic acids is 2. The van der Waals surface area contributed by atoms with Gasteiger partial charge in [0.15, 0.2) is 0 Å². The number of benzene rings is 2. The van der Waals surface area contributed by atoms with Crippen LogP contribution in [-0.4, -0.2) is 22.7 Å². The Bertz CT molecular complexity index is 879. The zero-order valence-electron chi connectivity index (χ0n) is 13.9. The Morgan fingerprint density at radius 2 is 1.92 bits per heavy atom. The Labute approximate surface area is 149 Å². The fourth-order valence-electron chi connectivity index (χ4n) is 2.46. The van der Waals surface area contributed by atoms with Crippen molar-refractivity contribution < 1.29 is 14.0 Å². The third-order valence-electron chi connectivity index (χ3n) is 3.89. The van der Waals surface area contributed by atoms with E-state index in [2.05, 4.69) is 5.32 Å². The average molecular weight is 356 g/mol. The first-order chi connectivity index (χ1) is 12.0. The van der Waals surface area contributed by atoms with Crippen LogP contribution in [0.15, 0.2) is 47.4 Å². The summed E-state index contributed by atoms with van der Waals surface area (Å²) in [6, 6.07) is 12.1. The minimum absolute atomic E-state index is 0.0730. The van der Waals surface area contributed by atoms with Gasteiger partial charge < -0.3 is 5.32 Å². The summed E-state index contributed by atoms with van der Waals surface area (Å²) < 4.78 is 13.7. The molecule has 25 heavy (non-hydrogen) atoms. The second kappa shape index (κ2) is 7.11. The van der Waals surface area contributed by atoms with E-state index in [1.807, 2.05) is 32.0 Å². The second-order valence-electron chi connectivity index (χ2n) is 5.78. The molecule has 1 fully saturated rings. The molecular formula is C19H17FN2O2S. The molecular weight excluding hydrogens is 339 g/mol. The van der Waals surface area contributed by atoms with E-state index >= 15 is 0 Å². The van der Waals surface area contributed by atoms with Crippen molar-refractivity contribution in [3.63, 3.8) is 0 Å². The molecule has 0 spiro atoms. The molecule has 6 heteroatoms. The highest BCUT2D eigenvalue weighted by Crippen LogP contribution is 2.32. The van der Waals surface area contributed by atoms with Gasteiger partial charge >= 0.3 is 0 Å². The fourth-order valence-corrected chi connectivity index (χ4v) is 3.29. The summed E-state index contributed by atoms with van der Waals surface area (Å²) in [6.45, 7) is 4.00. The SMILES string of the molecule is Cc1ccc(C)c(NCN2C(=O)S/C(=C\c3ccccc3F)C2=O)c1. The van der Waals surface area contributed by atoms with E-state index in [9.17, 15) is 14.0 Å². The Hall–Kier alpha value is -2.60. The Morgan fingerprint density at radius 1 is 1.16 bits per heavy atom. The summed E-state index contributed by atoms with van der Waals surface area (Å²) >= 11 is 0.820. The monoisotopic (exact) mass is 356 g/mol. The van der Waals surface area contributed by atoms with Crippen LogP contribution in [0.5, 0.6) is 0 Å². The van der Waals surface area contributed by atoms with Crippen molar-refractivity contribution in [2.24, 2.45) is 0 Å². The summed E-state index contributed by atoms with van der Waals surface area (Å²) in [4.78, 5) is 25.9. The van der Waals surface area contributed by atoms with Gasteiger partial charge in [-0.25, -0.2) is 4.39 Å². The standard InChI is InChI=1S/C19H17FN2O2S/c1-12-7-8-13(2)16(9-12)21-11-22-18(23)17(25-19(22)24)10-14-5-3-4-6-15(14)20/h3-10,21H,11H2,1-2H3/b17-10-. The third-order valence-corrected chi connectivity index (χ3v) is 4.79. The summed E-state index contributed by atoms with van der Waals surface area (Å²) in [5, 5.41) is 2.75. The first kappa shape index (κ1) is 17.2. The number of aryl methyl sites for hydroxylation is 2. The van der Waals surface area contributed by atoms with Gasteiger partial charge in [0.1, 0.15) is 5.82 Å². The molecule has 0 aromatic heterocycles. The van der Waals surface area contributed by atoms with Crippen LogP contribution in [0.4, 0.5) is 14.9 Å². The van der Waals surface area contributed by atoms with Crippen molar-refractivity contribution in [3.8, 4) is 0 Å². The first-order valence-corrected chi connectivity index (χ1v) is 8.58. The molecule has 0 aliphatic carbocycles. The van der Waals surface area contributed by atoms with E-state index in [4.69, 9.17) is 0 Å². The van der Waals surface area contributed by atoms with Gasteiger partial charge in [-0.15, -0.1) is 0 Å². The normalized spacial score (nSPS) is 16.0. The number of carbonyl (C=O) groups is 2. The van der Waals surface area contributed by atoms with Gasteiger partial charge in [0.05, 0.1) is 11.6 Å². The predicted molar refractivity (Wildman–Crippen MR) is 98.6 cm³/mol. The molecule has 0 unspecified atom stereocenters. The van der Waals surface area contributed by atoms with E-state index in [1.165, 1.54) is 12.1 Å². The highest BCUT2D eigenvalue weighted by Gasteiger charge is 2.35. The summed E-state index contributed by atoms with van der Waals surface area (Å²) in [5.41, 5.74) is 3.27. The molecule has 2 aromatic carbocycles. The molecule has 1 heterocycles. The molecule has 0 atom stereocenters. The number of thioether (sulfide) groups is 1. The number of rotatable bonds is 4. The topological polar surface area (TPSA) is 49.4 Å². The average Bonchev–Trinajstić information content (AvgIpc) is 2.84. The van der Waals surface area contributed by atoms with Gasteiger partial charge in [-0.05, 0) is 54.9 Å². The van der Waals surface area contributed by atoms with Crippen LogP contribution in [0.3, 0.4) is 0 Å². The Kier molecular flexibility index (Phi) is 4.90. The van der Waals surface area contributed by atoms with Crippen molar-refractivity contribution in [1.82, 2.24) is 4.90 Å². The molecule has 1 aliphatic rings. The van der Waals surface area contributed by atoms with Crippen LogP contribution in [-0.2, 0) is 4.79 Å². The maximum absolute atomic E-state index is 13.7. The molecule has 4 nitrogen and oxygen atoms in total. The predicted octanol–water partition coefficient (Wildman–Crippen LogP) is 4.55. The number of amides is 2. The van der Waals surface area contributed by atoms with E-state index in [1.54, 1.807) is 18.2 Å². The fraction of sp³-hybridized carbons (Fsp3) is 0.158. The number of nitrogens with zero attached hydrogens (tertiary/aromatic N) is 1. The molecule has 0 saturated carbocycles. The lowest BCUT2D eigenvalue weighted by Gasteiger charge is -2.16. The Morgan fingerprint density at radius 3 is 2.68 bits per heavy atom. The molecule has 3 rings (SSSR count). The smallest absolute Gasteiger partial charge is 0.295 e. The quantitative estimate of drug-likeness (QED) is 0.817. The summed E-state index contributed by atoms with van der Waals surface area (Å²) in [5.74, 6) is -0.848. The lowest BCUT2D eigenvalue weighted by atomic mass is 10.1. The largest absolute Gasteiger partial charge is 0.367 e. The maximum Gasteiger partial charge on any atom is 0.295 e. The number of nitrogens with one attached hydrogen (secondary N) is 1. The van der Waals surface area contributed by atoms with E-state index in [0.717, 1.165) is 33.5 Å². The minimum Gasteiger partial charge on any atom is -0.367 e. The van der Waals surface area contributed by atoms with Crippen molar-refractivity contribution in [2.75, 3.05) is 12.0 Å². The van der Waals surface area contributed by atoms with Gasteiger partial charge in [-0.3, -0.25) is 14.5 Å². The van der Waals surface area contributed by atoms with Crippen molar-refractivity contribution >= 4 is 34.7 Å². The molecule has 1 saturated heterocycles. The summed E-state index contributed by atoms with van der Waals surface area (Å²) in [6.07, 6.45) is 1.41. The van der Waals surface area contributed by atoms with Gasteiger partial charge in [-0.2, -0.15) is 0 Å². The highest BCUT2D eigenvalue weighted by atomic mass is 32.2. The van der Waals surface area contributed by atoms with E-state index < -0.39 is 11.7 Å². The number of halogens is 1. The molecule has 0 radical (unpaired) electrons. The molecule has 128 valence electrons. The van der Waals surface area contributed by atoms with Gasteiger partial charge in [0, 0.05) is 11.3 Å². The van der Waals surface area contributed by atoms with Crippen LogP contribution in [0.25, 0.3) is 6.08 Å². The third kappa shape index (κ3) is 3.74. The lowest BCUT2D eigenvalue weighted by molar-refractivity contribution is -0.122. The van der Waals surface area contributed by atoms with Crippen LogP contribution >= 0.6 is 11.8 Å². The van der Waals surface area contributed by atoms with Crippen molar-refractivity contribution in [1.29, 1.82) is 0 Å². The van der Waals surface area contributed by atoms with Crippen LogP contribution < -0.4 is 5.32 Å². The van der Waals surface area contributed by atoms with Gasteiger partial charge in [0.2, 0.25) is 0 Å². The highest BCUT2D eigenvalue weighted by molar-refractivity contribution is 8.18. The molecule has 0 bridgehead atoms. The second-order valence-corrected chi connectivity index (χ2v) is 6.78. The number of hydrogen-bond donors (Lipinski definition) is 1. The van der Waals surface area contributed by atoms with E-state index in [-0.39, 0.29) is 22.4 Å².